The second kappa shape index (κ2) is 14.5. The van der Waals surface area contributed by atoms with Gasteiger partial charge in [-0.3, -0.25) is 14.4 Å². The highest BCUT2D eigenvalue weighted by Crippen LogP contribution is 2.11. The van der Waals surface area contributed by atoms with Gasteiger partial charge in [-0.05, 0) is 29.7 Å². The Bertz CT molecular complexity index is 841. The topological polar surface area (TPSA) is 134 Å². The summed E-state index contributed by atoms with van der Waals surface area (Å²) in [4.78, 5) is 51.0. The zero-order chi connectivity index (χ0) is 26.7. The lowest BCUT2D eigenvalue weighted by Gasteiger charge is -2.28. The van der Waals surface area contributed by atoms with Gasteiger partial charge in [0.2, 0.25) is 17.7 Å². The number of esters is 1. The third-order valence-corrected chi connectivity index (χ3v) is 5.57. The molecule has 0 heterocycles. The third-order valence-electron chi connectivity index (χ3n) is 5.57. The minimum absolute atomic E-state index is 0.0724. The van der Waals surface area contributed by atoms with Crippen LogP contribution in [0.25, 0.3) is 0 Å². The molecule has 0 aliphatic rings. The minimum Gasteiger partial charge on any atom is -0.467 e. The lowest BCUT2D eigenvalue weighted by Crippen LogP contribution is -2.58. The minimum atomic E-state index is -1.25. The van der Waals surface area contributed by atoms with Gasteiger partial charge >= 0.3 is 5.97 Å². The average molecular weight is 492 g/mol. The number of nitrogens with one attached hydrogen (secondary N) is 3. The molecular formula is C26H41N3O6. The number of hydrogen-bond donors (Lipinski definition) is 4. The van der Waals surface area contributed by atoms with Gasteiger partial charge in [-0.15, -0.1) is 0 Å². The van der Waals surface area contributed by atoms with Gasteiger partial charge in [-0.2, -0.15) is 0 Å². The fraction of sp³-hybridized carbons (Fsp3) is 0.615. The molecule has 9 heteroatoms. The summed E-state index contributed by atoms with van der Waals surface area (Å²) in [7, 11) is 1.25. The van der Waals surface area contributed by atoms with Crippen molar-refractivity contribution in [2.45, 2.75) is 78.6 Å². The van der Waals surface area contributed by atoms with Crippen LogP contribution in [0.4, 0.5) is 0 Å². The normalized spacial score (nSPS) is 14.7. The van der Waals surface area contributed by atoms with E-state index in [1.807, 2.05) is 44.2 Å². The number of carbonyl (C=O) groups is 4. The van der Waals surface area contributed by atoms with E-state index >= 15 is 0 Å². The number of benzene rings is 1. The van der Waals surface area contributed by atoms with Crippen molar-refractivity contribution in [1.82, 2.24) is 16.0 Å². The Labute approximate surface area is 208 Å². The van der Waals surface area contributed by atoms with Gasteiger partial charge < -0.3 is 25.8 Å². The predicted octanol–water partition coefficient (Wildman–Crippen LogP) is 1.58. The molecule has 4 N–H and O–H groups in total. The zero-order valence-electron chi connectivity index (χ0n) is 21.8. The first-order chi connectivity index (χ1) is 16.4. The molecular weight excluding hydrogens is 450 g/mol. The summed E-state index contributed by atoms with van der Waals surface area (Å²) in [5.74, 6) is -2.84. The first-order valence-corrected chi connectivity index (χ1v) is 12.1. The molecule has 1 rings (SSSR count). The quantitative estimate of drug-likeness (QED) is 0.310. The number of methoxy groups -OCH3 is 1. The van der Waals surface area contributed by atoms with E-state index in [-0.39, 0.29) is 24.2 Å². The van der Waals surface area contributed by atoms with Crippen LogP contribution >= 0.6 is 0 Å². The second-order valence-corrected chi connectivity index (χ2v) is 9.88. The number of hydrogen-bond acceptors (Lipinski definition) is 6. The van der Waals surface area contributed by atoms with Crippen molar-refractivity contribution in [1.29, 1.82) is 0 Å². The van der Waals surface area contributed by atoms with Gasteiger partial charge in [0.05, 0.1) is 7.11 Å². The second-order valence-electron chi connectivity index (χ2n) is 9.88. The van der Waals surface area contributed by atoms with Crippen molar-refractivity contribution in [2.24, 2.45) is 17.8 Å². The van der Waals surface area contributed by atoms with E-state index < -0.39 is 47.9 Å². The van der Waals surface area contributed by atoms with E-state index in [0.717, 1.165) is 5.56 Å². The maximum atomic E-state index is 13.1. The number of aliphatic hydroxyl groups is 1. The van der Waals surface area contributed by atoms with E-state index in [9.17, 15) is 24.3 Å². The first-order valence-electron chi connectivity index (χ1n) is 12.1. The van der Waals surface area contributed by atoms with E-state index in [2.05, 4.69) is 16.0 Å². The molecule has 3 amide bonds. The molecule has 9 nitrogen and oxygen atoms in total. The summed E-state index contributed by atoms with van der Waals surface area (Å²) in [6.45, 7) is 10.8. The van der Waals surface area contributed by atoms with Gasteiger partial charge in [-0.25, -0.2) is 4.79 Å². The SMILES string of the molecule is COC(=O)[C@H](Cc1ccccc1)NC(=O)[C@@H](NC(=O)[C@H](CC(C)C)NC(=O)[C@@H](O)C(C)C)C(C)C. The summed E-state index contributed by atoms with van der Waals surface area (Å²) in [6, 6.07) is 6.40. The molecule has 0 radical (unpaired) electrons. The summed E-state index contributed by atoms with van der Waals surface area (Å²) in [5, 5.41) is 18.1. The van der Waals surface area contributed by atoms with Gasteiger partial charge in [0.25, 0.3) is 0 Å². The Hall–Kier alpha value is -2.94. The van der Waals surface area contributed by atoms with Crippen molar-refractivity contribution < 1.29 is 29.0 Å². The molecule has 0 aromatic heterocycles. The van der Waals surface area contributed by atoms with E-state index in [4.69, 9.17) is 4.74 Å². The number of ether oxygens (including phenoxy) is 1. The molecule has 0 saturated heterocycles. The summed E-state index contributed by atoms with van der Waals surface area (Å²) >= 11 is 0. The van der Waals surface area contributed by atoms with Crippen molar-refractivity contribution in [3.05, 3.63) is 35.9 Å². The van der Waals surface area contributed by atoms with Crippen LogP contribution in [0.1, 0.15) is 53.5 Å². The van der Waals surface area contributed by atoms with Gasteiger partial charge in [-0.1, -0.05) is 71.9 Å². The Kier molecular flexibility index (Phi) is 12.4. The molecule has 0 aliphatic heterocycles. The molecule has 0 spiro atoms. The fourth-order valence-corrected chi connectivity index (χ4v) is 3.50. The van der Waals surface area contributed by atoms with Crippen molar-refractivity contribution in [2.75, 3.05) is 7.11 Å². The Morgan fingerprint density at radius 1 is 0.800 bits per heavy atom. The Morgan fingerprint density at radius 2 is 1.37 bits per heavy atom. The smallest absolute Gasteiger partial charge is 0.328 e. The molecule has 0 fully saturated rings. The number of amides is 3. The Balaban J connectivity index is 3.01. The molecule has 0 saturated carbocycles. The van der Waals surface area contributed by atoms with Gasteiger partial charge in [0, 0.05) is 6.42 Å². The van der Waals surface area contributed by atoms with E-state index in [1.165, 1.54) is 7.11 Å². The number of aliphatic hydroxyl groups excluding tert-OH is 1. The standard InChI is InChI=1S/C26H41N3O6/c1-15(2)13-19(27-25(33)22(30)17(5)6)23(31)29-21(16(3)4)24(32)28-20(26(34)35-7)14-18-11-9-8-10-12-18/h8-12,15-17,19-22,30H,13-14H2,1-7H3,(H,27,33)(H,28,32)(H,29,31)/t19-,20-,21-,22-/m0/s1. The highest BCUT2D eigenvalue weighted by Gasteiger charge is 2.33. The Morgan fingerprint density at radius 3 is 1.86 bits per heavy atom. The van der Waals surface area contributed by atoms with Crippen LogP contribution in [0.3, 0.4) is 0 Å². The monoisotopic (exact) mass is 491 g/mol. The van der Waals surface area contributed by atoms with Crippen LogP contribution in [-0.2, 0) is 30.3 Å². The molecule has 0 unspecified atom stereocenters. The van der Waals surface area contributed by atoms with Gasteiger partial charge in [0.1, 0.15) is 24.2 Å². The van der Waals surface area contributed by atoms with Crippen molar-refractivity contribution in [3.63, 3.8) is 0 Å². The van der Waals surface area contributed by atoms with Crippen LogP contribution in [-0.4, -0.2) is 60.1 Å². The summed E-state index contributed by atoms with van der Waals surface area (Å²) in [5.41, 5.74) is 0.844. The highest BCUT2D eigenvalue weighted by molar-refractivity contribution is 5.94. The van der Waals surface area contributed by atoms with E-state index in [0.29, 0.717) is 6.42 Å². The van der Waals surface area contributed by atoms with E-state index in [1.54, 1.807) is 27.7 Å². The summed E-state index contributed by atoms with van der Waals surface area (Å²) in [6.07, 6.45) is -0.689. The molecule has 0 aliphatic carbocycles. The predicted molar refractivity (Wildman–Crippen MR) is 133 cm³/mol. The number of rotatable bonds is 13. The molecule has 1 aromatic rings. The lowest BCUT2D eigenvalue weighted by molar-refractivity contribution is -0.145. The van der Waals surface area contributed by atoms with Crippen LogP contribution in [0.15, 0.2) is 30.3 Å². The first kappa shape index (κ1) is 30.1. The highest BCUT2D eigenvalue weighted by atomic mass is 16.5. The van der Waals surface area contributed by atoms with Crippen LogP contribution in [0, 0.1) is 17.8 Å². The molecule has 196 valence electrons. The molecule has 35 heavy (non-hydrogen) atoms. The van der Waals surface area contributed by atoms with Crippen LogP contribution < -0.4 is 16.0 Å². The molecule has 1 aromatic carbocycles. The van der Waals surface area contributed by atoms with Crippen molar-refractivity contribution in [3.8, 4) is 0 Å². The maximum Gasteiger partial charge on any atom is 0.328 e. The van der Waals surface area contributed by atoms with Gasteiger partial charge in [0.15, 0.2) is 0 Å². The average Bonchev–Trinajstić information content (AvgIpc) is 2.80. The van der Waals surface area contributed by atoms with Crippen LogP contribution in [0.2, 0.25) is 0 Å². The fourth-order valence-electron chi connectivity index (χ4n) is 3.50. The summed E-state index contributed by atoms with van der Waals surface area (Å²) < 4.78 is 4.86. The number of carbonyl (C=O) groups excluding carboxylic acids is 4. The molecule has 0 bridgehead atoms. The van der Waals surface area contributed by atoms with Crippen LogP contribution in [0.5, 0.6) is 0 Å². The maximum absolute atomic E-state index is 13.1. The molecule has 4 atom stereocenters. The van der Waals surface area contributed by atoms with Crippen molar-refractivity contribution >= 4 is 23.7 Å². The largest absolute Gasteiger partial charge is 0.467 e. The zero-order valence-corrected chi connectivity index (χ0v) is 21.8. The third kappa shape index (κ3) is 10.1. The lowest BCUT2D eigenvalue weighted by atomic mass is 9.98.